The molecule has 1 N–H and O–H groups in total. The summed E-state index contributed by atoms with van der Waals surface area (Å²) in [5.41, 5.74) is -1.17. The van der Waals surface area contributed by atoms with Gasteiger partial charge in [0.25, 0.3) is 0 Å². The van der Waals surface area contributed by atoms with E-state index in [0.29, 0.717) is 24.1 Å². The number of halogens is 7. The smallest absolute Gasteiger partial charge is 0.393 e. The first-order valence-electron chi connectivity index (χ1n) is 14.8. The molecule has 1 unspecified atom stereocenters. The lowest BCUT2D eigenvalue weighted by Gasteiger charge is -2.46. The summed E-state index contributed by atoms with van der Waals surface area (Å²) in [6, 6.07) is 18.3. The minimum absolute atomic E-state index is 0.116. The van der Waals surface area contributed by atoms with Crippen LogP contribution in [0.15, 0.2) is 72.8 Å². The highest BCUT2D eigenvalue weighted by atomic mass is 19.4. The van der Waals surface area contributed by atoms with Crippen LogP contribution in [0.5, 0.6) is 0 Å². The van der Waals surface area contributed by atoms with E-state index in [0.717, 1.165) is 62.7 Å². The Bertz CT molecular complexity index is 1310. The van der Waals surface area contributed by atoms with Crippen LogP contribution in [-0.2, 0) is 24.2 Å². The van der Waals surface area contributed by atoms with Gasteiger partial charge >= 0.3 is 12.4 Å². The van der Waals surface area contributed by atoms with Crippen LogP contribution in [0.4, 0.5) is 30.7 Å². The number of aliphatic hydroxyl groups is 1. The van der Waals surface area contributed by atoms with Gasteiger partial charge in [0.2, 0.25) is 0 Å². The number of aliphatic hydroxyl groups excluding tert-OH is 1. The Labute approximate surface area is 247 Å². The third-order valence-electron chi connectivity index (χ3n) is 9.43. The van der Waals surface area contributed by atoms with Gasteiger partial charge in [0.05, 0.1) is 17.2 Å². The number of rotatable bonds is 7. The zero-order valence-electron chi connectivity index (χ0n) is 23.8. The average Bonchev–Trinajstić information content (AvgIpc) is 2.97. The lowest BCUT2D eigenvalue weighted by atomic mass is 9.64. The zero-order chi connectivity index (χ0) is 30.8. The van der Waals surface area contributed by atoms with Crippen molar-refractivity contribution >= 4 is 0 Å². The minimum atomic E-state index is -4.93. The molecule has 3 aromatic rings. The number of alkyl halides is 6. The molecule has 0 spiro atoms. The lowest BCUT2D eigenvalue weighted by Crippen LogP contribution is -2.46. The van der Waals surface area contributed by atoms with Gasteiger partial charge in [0.15, 0.2) is 0 Å². The molecule has 43 heavy (non-hydrogen) atoms. The van der Waals surface area contributed by atoms with Crippen molar-refractivity contribution in [2.24, 2.45) is 0 Å². The molecule has 0 aromatic heterocycles. The van der Waals surface area contributed by atoms with Crippen molar-refractivity contribution in [3.05, 3.63) is 106 Å². The van der Waals surface area contributed by atoms with Crippen LogP contribution in [0.3, 0.4) is 0 Å². The first-order chi connectivity index (χ1) is 20.3. The van der Waals surface area contributed by atoms with Crippen molar-refractivity contribution in [1.29, 1.82) is 0 Å². The summed E-state index contributed by atoms with van der Waals surface area (Å²) in [5, 5.41) is 11.1. The third kappa shape index (κ3) is 7.60. The Morgan fingerprint density at radius 2 is 1.33 bits per heavy atom. The van der Waals surface area contributed by atoms with Gasteiger partial charge in [-0.2, -0.15) is 26.3 Å². The van der Waals surface area contributed by atoms with Crippen molar-refractivity contribution in [3.8, 4) is 0 Å². The maximum Gasteiger partial charge on any atom is 0.416 e. The Hall–Kier alpha value is -2.91. The van der Waals surface area contributed by atoms with E-state index in [4.69, 9.17) is 0 Å². The Morgan fingerprint density at radius 3 is 1.86 bits per heavy atom. The quantitative estimate of drug-likeness (QED) is 0.271. The standard InChI is InChI=1S/C34H36F7NO/c35-29-8-6-24(7-9-29)25-12-16-42(17-13-25)30-10-14-32(15-11-30,26-4-2-1-3-5-26)22-31(43)20-23-18-27(33(36,37)38)21-28(19-23)34(39,40)41/h1-9,18-19,21,25,30-31,43H,10-17,20,22H2/t30-,31?,32-. The fourth-order valence-corrected chi connectivity index (χ4v) is 7.19. The van der Waals surface area contributed by atoms with Gasteiger partial charge in [-0.1, -0.05) is 42.5 Å². The lowest BCUT2D eigenvalue weighted by molar-refractivity contribution is -0.143. The molecule has 1 saturated carbocycles. The number of piperidine rings is 1. The molecule has 0 radical (unpaired) electrons. The molecule has 5 rings (SSSR count). The molecule has 1 aliphatic heterocycles. The van der Waals surface area contributed by atoms with Crippen LogP contribution in [-0.4, -0.2) is 35.2 Å². The predicted molar refractivity (Wildman–Crippen MR) is 151 cm³/mol. The average molecular weight is 608 g/mol. The molecule has 2 aliphatic rings. The van der Waals surface area contributed by atoms with Crippen LogP contribution >= 0.6 is 0 Å². The summed E-state index contributed by atoms with van der Waals surface area (Å²) in [4.78, 5) is 2.51. The van der Waals surface area contributed by atoms with Crippen LogP contribution in [0, 0.1) is 5.82 Å². The van der Waals surface area contributed by atoms with Crippen molar-refractivity contribution in [2.75, 3.05) is 13.1 Å². The number of benzene rings is 3. The van der Waals surface area contributed by atoms with Crippen molar-refractivity contribution in [1.82, 2.24) is 4.90 Å². The molecular weight excluding hydrogens is 571 g/mol. The predicted octanol–water partition coefficient (Wildman–Crippen LogP) is 8.92. The van der Waals surface area contributed by atoms with Gasteiger partial charge in [0, 0.05) is 6.04 Å². The van der Waals surface area contributed by atoms with Crippen molar-refractivity contribution in [2.45, 2.75) is 87.2 Å². The van der Waals surface area contributed by atoms with E-state index in [-0.39, 0.29) is 30.3 Å². The second-order valence-corrected chi connectivity index (χ2v) is 12.2. The molecule has 2 nitrogen and oxygen atoms in total. The zero-order valence-corrected chi connectivity index (χ0v) is 23.8. The number of likely N-dealkylation sites (tertiary alicyclic amines) is 1. The fourth-order valence-electron chi connectivity index (χ4n) is 7.19. The summed E-state index contributed by atoms with van der Waals surface area (Å²) in [5.74, 6) is 0.156. The molecule has 1 aliphatic carbocycles. The summed E-state index contributed by atoms with van der Waals surface area (Å²) < 4.78 is 93.7. The molecule has 1 atom stereocenters. The molecule has 0 bridgehead atoms. The van der Waals surface area contributed by atoms with E-state index in [1.165, 1.54) is 12.1 Å². The Balaban J connectivity index is 1.27. The molecule has 2 fully saturated rings. The molecular formula is C34H36F7NO. The van der Waals surface area contributed by atoms with E-state index < -0.39 is 35.0 Å². The second kappa shape index (κ2) is 12.6. The normalized spacial score (nSPS) is 23.3. The van der Waals surface area contributed by atoms with Gasteiger partial charge in [0.1, 0.15) is 5.82 Å². The minimum Gasteiger partial charge on any atom is -0.393 e. The molecule has 1 saturated heterocycles. The Kier molecular flexibility index (Phi) is 9.23. The van der Waals surface area contributed by atoms with E-state index >= 15 is 0 Å². The number of nitrogens with zero attached hydrogens (tertiary/aromatic N) is 1. The summed E-state index contributed by atoms with van der Waals surface area (Å²) in [6.45, 7) is 1.87. The third-order valence-corrected chi connectivity index (χ3v) is 9.43. The topological polar surface area (TPSA) is 23.5 Å². The molecule has 9 heteroatoms. The SMILES string of the molecule is OC(Cc1cc(C(F)(F)F)cc(C(F)(F)F)c1)C[C@]1(c2ccccc2)CC[C@H](N2CCC(c3ccc(F)cc3)CC2)CC1. The maximum absolute atomic E-state index is 13.4. The van der Waals surface area contributed by atoms with Crippen LogP contribution in [0.25, 0.3) is 0 Å². The largest absolute Gasteiger partial charge is 0.416 e. The van der Waals surface area contributed by atoms with Gasteiger partial charge in [-0.25, -0.2) is 4.39 Å². The fraction of sp³-hybridized carbons (Fsp3) is 0.471. The summed E-state index contributed by atoms with van der Waals surface area (Å²) in [7, 11) is 0. The van der Waals surface area contributed by atoms with Crippen molar-refractivity contribution < 1.29 is 35.8 Å². The van der Waals surface area contributed by atoms with E-state index in [1.54, 1.807) is 0 Å². The molecule has 232 valence electrons. The highest BCUT2D eigenvalue weighted by molar-refractivity contribution is 5.34. The Morgan fingerprint density at radius 1 is 0.767 bits per heavy atom. The van der Waals surface area contributed by atoms with E-state index in [2.05, 4.69) is 4.90 Å². The van der Waals surface area contributed by atoms with Gasteiger partial charge in [-0.3, -0.25) is 0 Å². The first-order valence-corrected chi connectivity index (χ1v) is 14.8. The van der Waals surface area contributed by atoms with Gasteiger partial charge < -0.3 is 10.0 Å². The maximum atomic E-state index is 13.4. The number of hydrogen-bond acceptors (Lipinski definition) is 2. The highest BCUT2D eigenvalue weighted by Gasteiger charge is 2.41. The van der Waals surface area contributed by atoms with Crippen LogP contribution in [0.1, 0.15) is 78.7 Å². The first kappa shape index (κ1) is 31.5. The monoisotopic (exact) mass is 607 g/mol. The molecule has 1 heterocycles. The van der Waals surface area contributed by atoms with Crippen LogP contribution in [0.2, 0.25) is 0 Å². The summed E-state index contributed by atoms with van der Waals surface area (Å²) in [6.07, 6.45) is -5.79. The van der Waals surface area contributed by atoms with E-state index in [1.807, 2.05) is 42.5 Å². The second-order valence-electron chi connectivity index (χ2n) is 12.2. The molecule has 0 amide bonds. The van der Waals surface area contributed by atoms with Crippen LogP contribution < -0.4 is 0 Å². The van der Waals surface area contributed by atoms with Gasteiger partial charge in [-0.05, 0) is 123 Å². The van der Waals surface area contributed by atoms with E-state index in [9.17, 15) is 35.8 Å². The number of hydrogen-bond donors (Lipinski definition) is 1. The van der Waals surface area contributed by atoms with Crippen molar-refractivity contribution in [3.63, 3.8) is 0 Å². The van der Waals surface area contributed by atoms with Gasteiger partial charge in [-0.15, -0.1) is 0 Å². The molecule has 3 aromatic carbocycles. The highest BCUT2D eigenvalue weighted by Crippen LogP contribution is 2.45. The summed E-state index contributed by atoms with van der Waals surface area (Å²) >= 11 is 0.